The molecule has 2 aliphatic rings. The van der Waals surface area contributed by atoms with Crippen LogP contribution in [-0.2, 0) is 17.9 Å². The van der Waals surface area contributed by atoms with Crippen LogP contribution in [0.25, 0.3) is 11.1 Å². The van der Waals surface area contributed by atoms with Crippen LogP contribution in [0, 0.1) is 17.4 Å². The number of rotatable bonds is 3. The number of nitriles is 1. The molecule has 2 aromatic rings. The first-order valence-electron chi connectivity index (χ1n) is 9.51. The summed E-state index contributed by atoms with van der Waals surface area (Å²) in [7, 11) is 1.87. The molecule has 0 spiro atoms. The van der Waals surface area contributed by atoms with E-state index in [9.17, 15) is 10.1 Å². The molecule has 27 heavy (non-hydrogen) atoms. The summed E-state index contributed by atoms with van der Waals surface area (Å²) in [5, 5.41) is 12.7. The predicted octanol–water partition coefficient (Wildman–Crippen LogP) is 3.11. The van der Waals surface area contributed by atoms with Crippen molar-refractivity contribution >= 4 is 11.6 Å². The van der Waals surface area contributed by atoms with Crippen LogP contribution < -0.4 is 10.2 Å². The molecule has 2 heterocycles. The molecule has 138 valence electrons. The molecule has 1 fully saturated rings. The molecule has 5 nitrogen and oxygen atoms in total. The molecule has 1 saturated heterocycles. The van der Waals surface area contributed by atoms with Gasteiger partial charge in [-0.15, -0.1) is 0 Å². The normalized spacial score (nSPS) is 16.7. The first-order chi connectivity index (χ1) is 13.2. The summed E-state index contributed by atoms with van der Waals surface area (Å²) in [4.78, 5) is 16.6. The predicted molar refractivity (Wildman–Crippen MR) is 106 cm³/mol. The molecule has 0 aromatic heterocycles. The monoisotopic (exact) mass is 360 g/mol. The topological polar surface area (TPSA) is 59.4 Å². The average Bonchev–Trinajstić information content (AvgIpc) is 3.16. The highest BCUT2D eigenvalue weighted by Gasteiger charge is 2.27. The van der Waals surface area contributed by atoms with Gasteiger partial charge in [-0.05, 0) is 60.3 Å². The van der Waals surface area contributed by atoms with E-state index in [1.165, 1.54) is 5.56 Å². The van der Waals surface area contributed by atoms with Gasteiger partial charge >= 0.3 is 0 Å². The fraction of sp³-hybridized carbons (Fsp3) is 0.364. The van der Waals surface area contributed by atoms with E-state index in [4.69, 9.17) is 0 Å². The molecule has 5 heteroatoms. The van der Waals surface area contributed by atoms with Gasteiger partial charge in [0.2, 0.25) is 5.91 Å². The van der Waals surface area contributed by atoms with Crippen molar-refractivity contribution < 1.29 is 4.79 Å². The second kappa shape index (κ2) is 7.42. The number of nitrogens with zero attached hydrogens (tertiary/aromatic N) is 3. The van der Waals surface area contributed by atoms with Crippen LogP contribution in [0.5, 0.6) is 0 Å². The van der Waals surface area contributed by atoms with Crippen molar-refractivity contribution in [1.29, 1.82) is 5.26 Å². The van der Waals surface area contributed by atoms with E-state index in [1.807, 2.05) is 25.2 Å². The van der Waals surface area contributed by atoms with Crippen LogP contribution in [0.1, 0.15) is 24.0 Å². The molecule has 0 radical (unpaired) electrons. The first-order valence-corrected chi connectivity index (χ1v) is 9.51. The van der Waals surface area contributed by atoms with E-state index >= 15 is 0 Å². The second-order valence-electron chi connectivity index (χ2n) is 7.37. The van der Waals surface area contributed by atoms with Crippen LogP contribution in [0.4, 0.5) is 5.69 Å². The largest absolute Gasteiger partial charge is 0.317 e. The standard InChI is InChI=1S/C22H24N4O/c1-25(22(27)17-7-9-24-10-8-17)19-11-18-13-26(15-23)14-21(18)20(12-19)16-5-3-2-4-6-16/h2-6,11-12,17,24H,7-10,13-14H2,1H3. The third kappa shape index (κ3) is 3.41. The summed E-state index contributed by atoms with van der Waals surface area (Å²) in [6.07, 6.45) is 4.04. The zero-order chi connectivity index (χ0) is 18.8. The lowest BCUT2D eigenvalue weighted by molar-refractivity contribution is -0.122. The van der Waals surface area contributed by atoms with Crippen LogP contribution in [0.2, 0.25) is 0 Å². The van der Waals surface area contributed by atoms with E-state index < -0.39 is 0 Å². The summed E-state index contributed by atoms with van der Waals surface area (Å²) in [5.74, 6) is 0.269. The van der Waals surface area contributed by atoms with Gasteiger partial charge in [0.15, 0.2) is 6.19 Å². The van der Waals surface area contributed by atoms with E-state index in [-0.39, 0.29) is 11.8 Å². The third-order valence-corrected chi connectivity index (χ3v) is 5.67. The maximum Gasteiger partial charge on any atom is 0.229 e. The fourth-order valence-corrected chi connectivity index (χ4v) is 4.11. The van der Waals surface area contributed by atoms with Crippen LogP contribution in [0.3, 0.4) is 0 Å². The molecular weight excluding hydrogens is 336 g/mol. The van der Waals surface area contributed by atoms with Gasteiger partial charge in [0.05, 0.1) is 13.1 Å². The number of carbonyl (C=O) groups excluding carboxylic acids is 1. The number of hydrogen-bond acceptors (Lipinski definition) is 4. The van der Waals surface area contributed by atoms with Crippen LogP contribution in [0.15, 0.2) is 42.5 Å². The summed E-state index contributed by atoms with van der Waals surface area (Å²) in [6, 6.07) is 14.4. The molecule has 1 amide bonds. The van der Waals surface area contributed by atoms with Gasteiger partial charge in [0.1, 0.15) is 0 Å². The Hall–Kier alpha value is -2.84. The molecule has 0 unspecified atom stereocenters. The highest BCUT2D eigenvalue weighted by atomic mass is 16.2. The van der Waals surface area contributed by atoms with Crippen molar-refractivity contribution in [2.24, 2.45) is 5.92 Å². The number of amides is 1. The fourth-order valence-electron chi connectivity index (χ4n) is 4.11. The Bertz CT molecular complexity index is 881. The zero-order valence-electron chi connectivity index (χ0n) is 15.6. The number of nitrogens with one attached hydrogen (secondary N) is 1. The van der Waals surface area contributed by atoms with Gasteiger partial charge in [-0.3, -0.25) is 4.79 Å². The number of benzene rings is 2. The minimum Gasteiger partial charge on any atom is -0.317 e. The SMILES string of the molecule is CN(C(=O)C1CCNCC1)c1cc2c(c(-c3ccccc3)c1)CN(C#N)C2. The Morgan fingerprint density at radius 3 is 2.63 bits per heavy atom. The minimum atomic E-state index is 0.0836. The lowest BCUT2D eigenvalue weighted by Crippen LogP contribution is -2.39. The molecule has 2 aromatic carbocycles. The highest BCUT2D eigenvalue weighted by Crippen LogP contribution is 2.36. The van der Waals surface area contributed by atoms with Crippen molar-refractivity contribution in [2.45, 2.75) is 25.9 Å². The van der Waals surface area contributed by atoms with Gasteiger partial charge < -0.3 is 15.1 Å². The third-order valence-electron chi connectivity index (χ3n) is 5.67. The number of fused-ring (bicyclic) bond motifs is 1. The number of hydrogen-bond donors (Lipinski definition) is 1. The van der Waals surface area contributed by atoms with Crippen molar-refractivity contribution in [2.75, 3.05) is 25.0 Å². The van der Waals surface area contributed by atoms with Gasteiger partial charge in [-0.2, -0.15) is 5.26 Å². The van der Waals surface area contributed by atoms with E-state index in [2.05, 4.69) is 35.8 Å². The second-order valence-corrected chi connectivity index (χ2v) is 7.37. The zero-order valence-corrected chi connectivity index (χ0v) is 15.6. The van der Waals surface area contributed by atoms with Gasteiger partial charge in [-0.1, -0.05) is 30.3 Å². The molecule has 1 N–H and O–H groups in total. The average molecular weight is 360 g/mol. The van der Waals surface area contributed by atoms with Gasteiger partial charge in [0, 0.05) is 18.7 Å². The Labute approximate surface area is 160 Å². The van der Waals surface area contributed by atoms with Crippen LogP contribution >= 0.6 is 0 Å². The minimum absolute atomic E-state index is 0.0836. The number of anilines is 1. The van der Waals surface area contributed by atoms with Crippen LogP contribution in [-0.4, -0.2) is 30.9 Å². The molecule has 0 aliphatic carbocycles. The smallest absolute Gasteiger partial charge is 0.229 e. The summed E-state index contributed by atoms with van der Waals surface area (Å²) >= 11 is 0. The van der Waals surface area contributed by atoms with Crippen molar-refractivity contribution in [3.8, 4) is 17.3 Å². The maximum atomic E-state index is 13.0. The Kier molecular flexibility index (Phi) is 4.83. The van der Waals surface area contributed by atoms with Gasteiger partial charge in [-0.25, -0.2) is 0 Å². The molecule has 4 rings (SSSR count). The molecular formula is C22H24N4O. The number of piperidine rings is 1. The van der Waals surface area contributed by atoms with Crippen molar-refractivity contribution in [1.82, 2.24) is 10.2 Å². The summed E-state index contributed by atoms with van der Waals surface area (Å²) in [5.41, 5.74) is 5.48. The molecule has 2 aliphatic heterocycles. The van der Waals surface area contributed by atoms with Gasteiger partial charge in [0.25, 0.3) is 0 Å². The number of carbonyl (C=O) groups is 1. The highest BCUT2D eigenvalue weighted by molar-refractivity contribution is 5.95. The lowest BCUT2D eigenvalue weighted by Gasteiger charge is -2.27. The Balaban J connectivity index is 1.72. The molecule has 0 saturated carbocycles. The molecule has 0 bridgehead atoms. The van der Waals surface area contributed by atoms with Crippen molar-refractivity contribution in [3.63, 3.8) is 0 Å². The molecule has 0 atom stereocenters. The maximum absolute atomic E-state index is 13.0. The quantitative estimate of drug-likeness (QED) is 0.855. The summed E-state index contributed by atoms with van der Waals surface area (Å²) in [6.45, 7) is 3.04. The van der Waals surface area contributed by atoms with E-state index in [0.717, 1.165) is 48.3 Å². The lowest BCUT2D eigenvalue weighted by atomic mass is 9.94. The Morgan fingerprint density at radius 1 is 1.19 bits per heavy atom. The Morgan fingerprint density at radius 2 is 1.93 bits per heavy atom. The summed E-state index contributed by atoms with van der Waals surface area (Å²) < 4.78 is 0. The van der Waals surface area contributed by atoms with E-state index in [0.29, 0.717) is 13.1 Å². The first kappa shape index (κ1) is 17.6. The van der Waals surface area contributed by atoms with Crippen molar-refractivity contribution in [3.05, 3.63) is 53.6 Å². The van der Waals surface area contributed by atoms with E-state index in [1.54, 1.807) is 9.80 Å².